The smallest absolute Gasteiger partial charge is 0.145 e. The van der Waals surface area contributed by atoms with Crippen LogP contribution in [-0.2, 0) is 11.5 Å². The second-order valence-corrected chi connectivity index (χ2v) is 16.0. The van der Waals surface area contributed by atoms with E-state index in [0.29, 0.717) is 12.8 Å². The van der Waals surface area contributed by atoms with E-state index in [9.17, 15) is 0 Å². The maximum Gasteiger partial charge on any atom is 0.145 e. The Hall–Kier alpha value is -2.07. The third kappa shape index (κ3) is 4.66. The molecular formula is C23H35N7OSi. The Morgan fingerprint density at radius 1 is 1.12 bits per heavy atom. The molecule has 2 saturated heterocycles. The molecule has 0 radical (unpaired) electrons. The van der Waals surface area contributed by atoms with Crippen molar-refractivity contribution in [1.29, 1.82) is 0 Å². The number of nitrogens with zero attached hydrogens (tertiary/aromatic N) is 6. The molecule has 172 valence electrons. The summed E-state index contributed by atoms with van der Waals surface area (Å²) in [6.07, 6.45) is 10.3. The summed E-state index contributed by atoms with van der Waals surface area (Å²) in [6, 6.07) is 4.45. The normalized spacial score (nSPS) is 19.0. The summed E-state index contributed by atoms with van der Waals surface area (Å²) in [5.41, 5.74) is 2.91. The zero-order valence-corrected chi connectivity index (χ0v) is 20.5. The number of hydrogen-bond acceptors (Lipinski definition) is 6. The van der Waals surface area contributed by atoms with Crippen molar-refractivity contribution < 1.29 is 4.74 Å². The van der Waals surface area contributed by atoms with Crippen molar-refractivity contribution in [3.63, 3.8) is 0 Å². The summed E-state index contributed by atoms with van der Waals surface area (Å²) in [7, 11) is -1.08. The maximum atomic E-state index is 5.94. The Kier molecular flexibility index (Phi) is 6.15. The van der Waals surface area contributed by atoms with Gasteiger partial charge < -0.3 is 14.6 Å². The number of fused-ring (bicyclic) bond motifs is 1. The number of rotatable bonds is 8. The fraction of sp³-hybridized carbons (Fsp3) is 0.609. The molecule has 8 nitrogen and oxygen atoms in total. The minimum Gasteiger partial charge on any atom is -0.361 e. The molecule has 0 spiro atoms. The third-order valence-corrected chi connectivity index (χ3v) is 8.45. The lowest BCUT2D eigenvalue weighted by Gasteiger charge is -2.45. The summed E-state index contributed by atoms with van der Waals surface area (Å²) in [5.74, 6) is 0. The molecule has 9 heteroatoms. The van der Waals surface area contributed by atoms with Gasteiger partial charge in [-0.15, -0.1) is 0 Å². The minimum absolute atomic E-state index is 0.459. The Balaban J connectivity index is 1.25. The number of nitrogens with one attached hydrogen (secondary N) is 1. The molecule has 1 N–H and O–H groups in total. The molecule has 0 saturated carbocycles. The summed E-state index contributed by atoms with van der Waals surface area (Å²) in [6.45, 7) is 12.9. The van der Waals surface area contributed by atoms with Gasteiger partial charge in [0.25, 0.3) is 0 Å². The van der Waals surface area contributed by atoms with Crippen LogP contribution in [0.5, 0.6) is 0 Å². The number of likely N-dealkylation sites (tertiary alicyclic amines) is 1. The van der Waals surface area contributed by atoms with Crippen LogP contribution in [0.4, 0.5) is 0 Å². The number of piperidine rings is 1. The lowest BCUT2D eigenvalue weighted by molar-refractivity contribution is 0.0390. The van der Waals surface area contributed by atoms with Crippen LogP contribution < -0.4 is 5.32 Å². The molecule has 3 aromatic rings. The van der Waals surface area contributed by atoms with Crippen LogP contribution in [0, 0.1) is 0 Å². The first-order chi connectivity index (χ1) is 15.5. The minimum atomic E-state index is -1.08. The van der Waals surface area contributed by atoms with E-state index in [1.807, 2.05) is 12.4 Å². The van der Waals surface area contributed by atoms with Crippen molar-refractivity contribution in [1.82, 2.24) is 34.5 Å². The zero-order valence-electron chi connectivity index (χ0n) is 19.5. The van der Waals surface area contributed by atoms with E-state index in [0.717, 1.165) is 61.1 Å². The molecule has 32 heavy (non-hydrogen) atoms. The highest BCUT2D eigenvalue weighted by molar-refractivity contribution is 6.76. The van der Waals surface area contributed by atoms with Crippen LogP contribution in [0.25, 0.3) is 22.3 Å². The SMILES string of the molecule is C[Si](C)(C)CCOCn1ccc2c(-c3cnn(C4CN(C5CCNCC5)C4)c3)ncnc21. The zero-order chi connectivity index (χ0) is 22.1. The van der Waals surface area contributed by atoms with Crippen molar-refractivity contribution in [2.75, 3.05) is 32.8 Å². The summed E-state index contributed by atoms with van der Waals surface area (Å²) < 4.78 is 10.1. The average molecular weight is 454 g/mol. The molecule has 2 fully saturated rings. The summed E-state index contributed by atoms with van der Waals surface area (Å²) >= 11 is 0. The van der Waals surface area contributed by atoms with Crippen molar-refractivity contribution >= 4 is 19.1 Å². The van der Waals surface area contributed by atoms with Gasteiger partial charge in [-0.05, 0) is 38.0 Å². The second kappa shape index (κ2) is 9.05. The van der Waals surface area contributed by atoms with Gasteiger partial charge in [-0.1, -0.05) is 19.6 Å². The lowest BCUT2D eigenvalue weighted by Crippen LogP contribution is -2.55. The van der Waals surface area contributed by atoms with E-state index in [1.54, 1.807) is 6.33 Å². The van der Waals surface area contributed by atoms with Gasteiger partial charge in [0, 0.05) is 57.2 Å². The number of ether oxygens (including phenoxy) is 1. The molecule has 2 aliphatic rings. The van der Waals surface area contributed by atoms with Crippen LogP contribution in [0.2, 0.25) is 25.7 Å². The highest BCUT2D eigenvalue weighted by Crippen LogP contribution is 2.30. The molecule has 0 aliphatic carbocycles. The van der Waals surface area contributed by atoms with Gasteiger partial charge in [-0.25, -0.2) is 9.97 Å². The standard InChI is InChI=1S/C23H35N7OSi/c1-32(2,3)11-10-31-17-28-9-6-21-22(25-16-26-23(21)28)18-12-27-30(13-18)20-14-29(15-20)19-4-7-24-8-5-19/h6,9,12-13,16,19-20,24H,4-5,7-8,10-11,14-15,17H2,1-3H3. The van der Waals surface area contributed by atoms with Crippen molar-refractivity contribution in [2.24, 2.45) is 0 Å². The van der Waals surface area contributed by atoms with Crippen molar-refractivity contribution in [3.05, 3.63) is 31.0 Å². The van der Waals surface area contributed by atoms with Crippen LogP contribution in [0.1, 0.15) is 18.9 Å². The number of aromatic nitrogens is 5. The molecule has 5 rings (SSSR count). The van der Waals surface area contributed by atoms with E-state index in [2.05, 4.69) is 66.4 Å². The fourth-order valence-corrected chi connectivity index (χ4v) is 5.42. The average Bonchev–Trinajstić information content (AvgIpc) is 3.38. The van der Waals surface area contributed by atoms with Crippen LogP contribution >= 0.6 is 0 Å². The van der Waals surface area contributed by atoms with E-state index in [-0.39, 0.29) is 0 Å². The van der Waals surface area contributed by atoms with Crippen LogP contribution in [-0.4, -0.2) is 76.1 Å². The molecule has 0 unspecified atom stereocenters. The van der Waals surface area contributed by atoms with Gasteiger partial charge in [0.15, 0.2) is 0 Å². The van der Waals surface area contributed by atoms with Gasteiger partial charge in [0.2, 0.25) is 0 Å². The van der Waals surface area contributed by atoms with Gasteiger partial charge in [-0.2, -0.15) is 5.10 Å². The van der Waals surface area contributed by atoms with Gasteiger partial charge in [-0.3, -0.25) is 9.58 Å². The first-order valence-corrected chi connectivity index (χ1v) is 15.6. The third-order valence-electron chi connectivity index (χ3n) is 6.75. The highest BCUT2D eigenvalue weighted by atomic mass is 28.3. The van der Waals surface area contributed by atoms with Crippen molar-refractivity contribution in [2.45, 2.75) is 57.3 Å². The van der Waals surface area contributed by atoms with Gasteiger partial charge in [0.05, 0.1) is 17.9 Å². The first-order valence-electron chi connectivity index (χ1n) is 11.8. The maximum absolute atomic E-state index is 5.94. The predicted octanol–water partition coefficient (Wildman–Crippen LogP) is 3.22. The summed E-state index contributed by atoms with van der Waals surface area (Å²) in [5, 5.41) is 9.18. The number of hydrogen-bond donors (Lipinski definition) is 1. The van der Waals surface area contributed by atoms with E-state index < -0.39 is 8.07 Å². The molecule has 2 aliphatic heterocycles. The Morgan fingerprint density at radius 3 is 2.72 bits per heavy atom. The van der Waals surface area contributed by atoms with E-state index in [4.69, 9.17) is 4.74 Å². The highest BCUT2D eigenvalue weighted by Gasteiger charge is 2.34. The Bertz CT molecular complexity index is 1040. The lowest BCUT2D eigenvalue weighted by atomic mass is 9.98. The molecule has 3 aromatic heterocycles. The molecule has 0 amide bonds. The molecular weight excluding hydrogens is 418 g/mol. The van der Waals surface area contributed by atoms with Gasteiger partial charge in [0.1, 0.15) is 18.7 Å². The Labute approximate surface area is 191 Å². The van der Waals surface area contributed by atoms with Crippen molar-refractivity contribution in [3.8, 4) is 11.3 Å². The van der Waals surface area contributed by atoms with E-state index in [1.165, 1.54) is 18.9 Å². The van der Waals surface area contributed by atoms with Crippen LogP contribution in [0.15, 0.2) is 31.0 Å². The largest absolute Gasteiger partial charge is 0.361 e. The quantitative estimate of drug-likeness (QED) is 0.417. The monoisotopic (exact) mass is 453 g/mol. The fourth-order valence-electron chi connectivity index (χ4n) is 4.66. The second-order valence-electron chi connectivity index (χ2n) is 10.4. The molecule has 0 bridgehead atoms. The predicted molar refractivity (Wildman–Crippen MR) is 129 cm³/mol. The molecule has 0 atom stereocenters. The first kappa shape index (κ1) is 21.8. The summed E-state index contributed by atoms with van der Waals surface area (Å²) in [4.78, 5) is 11.7. The Morgan fingerprint density at radius 2 is 1.94 bits per heavy atom. The molecule has 0 aromatic carbocycles. The van der Waals surface area contributed by atoms with Crippen LogP contribution in [0.3, 0.4) is 0 Å². The topological polar surface area (TPSA) is 73.0 Å². The van der Waals surface area contributed by atoms with Gasteiger partial charge >= 0.3 is 0 Å². The molecule has 5 heterocycles. The van der Waals surface area contributed by atoms with E-state index >= 15 is 0 Å².